The van der Waals surface area contributed by atoms with Crippen molar-refractivity contribution in [3.8, 4) is 5.75 Å². The third kappa shape index (κ3) is 5.80. The molecule has 1 amide bonds. The second kappa shape index (κ2) is 9.53. The molecule has 0 heterocycles. The molecule has 0 fully saturated rings. The fourth-order valence-corrected chi connectivity index (χ4v) is 3.72. The van der Waals surface area contributed by atoms with Crippen molar-refractivity contribution in [2.75, 3.05) is 7.11 Å². The highest BCUT2D eigenvalue weighted by Gasteiger charge is 2.29. The summed E-state index contributed by atoms with van der Waals surface area (Å²) in [5.41, 5.74) is 3.67. The Balaban J connectivity index is 2.26. The molecule has 2 rings (SSSR count). The van der Waals surface area contributed by atoms with E-state index < -0.39 is 15.9 Å². The molecule has 0 aromatic heterocycles. The van der Waals surface area contributed by atoms with E-state index in [0.29, 0.717) is 18.1 Å². The molecule has 0 atom stereocenters. The molecule has 1 N–H and O–H groups in total. The summed E-state index contributed by atoms with van der Waals surface area (Å²) < 4.78 is 31.9. The summed E-state index contributed by atoms with van der Waals surface area (Å²) in [6.07, 6.45) is 0.759. The number of rotatable bonds is 9. The lowest BCUT2D eigenvalue weighted by atomic mass is 10.1. The Labute approximate surface area is 161 Å². The Bertz CT molecular complexity index is 834. The van der Waals surface area contributed by atoms with E-state index in [2.05, 4.69) is 5.43 Å². The SMILES string of the molecule is COc1ccc(S(=O)(=O)N(NCc2ccccc2)C(=O)CCC(C)C)cc1. The fourth-order valence-electron chi connectivity index (χ4n) is 2.43. The molecule has 0 aliphatic carbocycles. The summed E-state index contributed by atoms with van der Waals surface area (Å²) in [4.78, 5) is 12.7. The van der Waals surface area contributed by atoms with Crippen LogP contribution in [0, 0.1) is 5.92 Å². The topological polar surface area (TPSA) is 75.7 Å². The third-order valence-electron chi connectivity index (χ3n) is 4.03. The van der Waals surface area contributed by atoms with Crippen molar-refractivity contribution >= 4 is 15.9 Å². The van der Waals surface area contributed by atoms with Gasteiger partial charge in [0.25, 0.3) is 15.9 Å². The molecule has 6 nitrogen and oxygen atoms in total. The van der Waals surface area contributed by atoms with E-state index in [1.54, 1.807) is 12.1 Å². The number of hydrazine groups is 1. The van der Waals surface area contributed by atoms with Crippen LogP contribution >= 0.6 is 0 Å². The average molecular weight is 391 g/mol. The van der Waals surface area contributed by atoms with E-state index in [-0.39, 0.29) is 17.9 Å². The van der Waals surface area contributed by atoms with Gasteiger partial charge in [0.15, 0.2) is 0 Å². The Morgan fingerprint density at radius 3 is 2.26 bits per heavy atom. The monoisotopic (exact) mass is 390 g/mol. The Hall–Kier alpha value is -2.38. The Morgan fingerprint density at radius 2 is 1.70 bits per heavy atom. The summed E-state index contributed by atoms with van der Waals surface area (Å²) >= 11 is 0. The van der Waals surface area contributed by atoms with Crippen LogP contribution in [-0.4, -0.2) is 25.8 Å². The number of hydrogen-bond acceptors (Lipinski definition) is 5. The van der Waals surface area contributed by atoms with E-state index >= 15 is 0 Å². The lowest BCUT2D eigenvalue weighted by Crippen LogP contribution is -2.46. The molecule has 2 aromatic rings. The minimum absolute atomic E-state index is 0.0294. The molecule has 0 aliphatic heterocycles. The highest BCUT2D eigenvalue weighted by molar-refractivity contribution is 7.89. The van der Waals surface area contributed by atoms with Crippen molar-refractivity contribution < 1.29 is 17.9 Å². The first kappa shape index (κ1) is 20.9. The lowest BCUT2D eigenvalue weighted by molar-refractivity contribution is -0.128. The van der Waals surface area contributed by atoms with Gasteiger partial charge in [0.05, 0.1) is 12.0 Å². The zero-order chi connectivity index (χ0) is 19.9. The van der Waals surface area contributed by atoms with Crippen molar-refractivity contribution in [2.24, 2.45) is 5.92 Å². The van der Waals surface area contributed by atoms with Crippen LogP contribution in [0.4, 0.5) is 0 Å². The smallest absolute Gasteiger partial charge is 0.280 e. The van der Waals surface area contributed by atoms with Gasteiger partial charge in [-0.05, 0) is 42.2 Å². The molecular formula is C20H26N2O4S. The molecule has 0 spiro atoms. The molecule has 0 unspecified atom stereocenters. The second-order valence-electron chi connectivity index (χ2n) is 6.59. The summed E-state index contributed by atoms with van der Waals surface area (Å²) in [5, 5.41) is 0. The summed E-state index contributed by atoms with van der Waals surface area (Å²) in [6, 6.07) is 15.3. The summed E-state index contributed by atoms with van der Waals surface area (Å²) in [5.74, 6) is 0.368. The normalized spacial score (nSPS) is 11.4. The number of nitrogens with one attached hydrogen (secondary N) is 1. The maximum Gasteiger partial charge on any atom is 0.280 e. The van der Waals surface area contributed by atoms with E-state index in [0.717, 1.165) is 9.98 Å². The number of carbonyl (C=O) groups is 1. The molecule has 27 heavy (non-hydrogen) atoms. The van der Waals surface area contributed by atoms with Crippen LogP contribution < -0.4 is 10.2 Å². The maximum absolute atomic E-state index is 13.0. The maximum atomic E-state index is 13.0. The van der Waals surface area contributed by atoms with Crippen molar-refractivity contribution in [1.82, 2.24) is 9.84 Å². The summed E-state index contributed by atoms with van der Waals surface area (Å²) in [7, 11) is -2.52. The minimum Gasteiger partial charge on any atom is -0.497 e. The number of hydrogen-bond donors (Lipinski definition) is 1. The standard InChI is InChI=1S/C20H26N2O4S/c1-16(2)9-14-20(23)22(21-15-17-7-5-4-6-8-17)27(24,25)19-12-10-18(26-3)11-13-19/h4-8,10-13,16,21H,9,14-15H2,1-3H3. The van der Waals surface area contributed by atoms with Crippen molar-refractivity contribution in [2.45, 2.75) is 38.1 Å². The lowest BCUT2D eigenvalue weighted by Gasteiger charge is -2.23. The molecule has 0 bridgehead atoms. The van der Waals surface area contributed by atoms with Gasteiger partial charge < -0.3 is 4.74 Å². The van der Waals surface area contributed by atoms with Crippen molar-refractivity contribution in [3.05, 3.63) is 60.2 Å². The molecule has 0 saturated heterocycles. The molecular weight excluding hydrogens is 364 g/mol. The zero-order valence-electron chi connectivity index (χ0n) is 15.9. The predicted octanol–water partition coefficient (Wildman–Crippen LogP) is 3.35. The van der Waals surface area contributed by atoms with Crippen LogP contribution in [0.25, 0.3) is 0 Å². The van der Waals surface area contributed by atoms with E-state index in [4.69, 9.17) is 4.74 Å². The highest BCUT2D eigenvalue weighted by Crippen LogP contribution is 2.20. The van der Waals surface area contributed by atoms with Gasteiger partial charge in [-0.2, -0.15) is 12.8 Å². The fraction of sp³-hybridized carbons (Fsp3) is 0.350. The minimum atomic E-state index is -4.03. The first-order valence-electron chi connectivity index (χ1n) is 8.84. The van der Waals surface area contributed by atoms with Crippen LogP contribution in [0.5, 0.6) is 5.75 Å². The molecule has 0 radical (unpaired) electrons. The molecule has 146 valence electrons. The molecule has 2 aromatic carbocycles. The Kier molecular flexibility index (Phi) is 7.38. The van der Waals surface area contributed by atoms with Gasteiger partial charge in [-0.3, -0.25) is 4.79 Å². The average Bonchev–Trinajstić information content (AvgIpc) is 2.67. The largest absolute Gasteiger partial charge is 0.497 e. The number of methoxy groups -OCH3 is 1. The van der Waals surface area contributed by atoms with Gasteiger partial charge in [-0.25, -0.2) is 5.43 Å². The van der Waals surface area contributed by atoms with Gasteiger partial charge in [-0.15, -0.1) is 0 Å². The van der Waals surface area contributed by atoms with Crippen molar-refractivity contribution in [3.63, 3.8) is 0 Å². The molecule has 0 aliphatic rings. The van der Waals surface area contributed by atoms with Gasteiger partial charge in [0.2, 0.25) is 0 Å². The van der Waals surface area contributed by atoms with E-state index in [9.17, 15) is 13.2 Å². The number of sulfonamides is 1. The van der Waals surface area contributed by atoms with Crippen LogP contribution in [-0.2, 0) is 21.4 Å². The van der Waals surface area contributed by atoms with Gasteiger partial charge in [-0.1, -0.05) is 44.2 Å². The van der Waals surface area contributed by atoms with Crippen LogP contribution in [0.15, 0.2) is 59.5 Å². The quantitative estimate of drug-likeness (QED) is 0.665. The number of benzene rings is 2. The van der Waals surface area contributed by atoms with Crippen molar-refractivity contribution in [1.29, 1.82) is 0 Å². The van der Waals surface area contributed by atoms with Gasteiger partial charge in [0.1, 0.15) is 5.75 Å². The molecule has 7 heteroatoms. The van der Waals surface area contributed by atoms with E-state index in [1.807, 2.05) is 44.2 Å². The Morgan fingerprint density at radius 1 is 1.07 bits per heavy atom. The van der Waals surface area contributed by atoms with Gasteiger partial charge >= 0.3 is 0 Å². The van der Waals surface area contributed by atoms with E-state index in [1.165, 1.54) is 19.2 Å². The van der Waals surface area contributed by atoms with Crippen LogP contribution in [0.3, 0.4) is 0 Å². The number of ether oxygens (including phenoxy) is 1. The highest BCUT2D eigenvalue weighted by atomic mass is 32.2. The third-order valence-corrected chi connectivity index (χ3v) is 5.71. The van der Waals surface area contributed by atoms with Crippen LogP contribution in [0.1, 0.15) is 32.3 Å². The second-order valence-corrected chi connectivity index (χ2v) is 8.38. The number of nitrogens with zero attached hydrogens (tertiary/aromatic N) is 1. The predicted molar refractivity (Wildman–Crippen MR) is 104 cm³/mol. The first-order chi connectivity index (χ1) is 12.8. The van der Waals surface area contributed by atoms with Gasteiger partial charge in [0, 0.05) is 13.0 Å². The number of carbonyl (C=O) groups excluding carboxylic acids is 1. The first-order valence-corrected chi connectivity index (χ1v) is 10.3. The van der Waals surface area contributed by atoms with Crippen LogP contribution in [0.2, 0.25) is 0 Å². The number of amides is 1. The zero-order valence-corrected chi connectivity index (χ0v) is 16.7. The summed E-state index contributed by atoms with van der Waals surface area (Å²) in [6.45, 7) is 4.21. The molecule has 0 saturated carbocycles.